The third-order valence-corrected chi connectivity index (χ3v) is 28.8. The Morgan fingerprint density at radius 3 is 0.742 bits per heavy atom. The summed E-state index contributed by atoms with van der Waals surface area (Å²) in [6.45, 7) is 47.0. The fourth-order valence-electron chi connectivity index (χ4n) is 15.6. The van der Waals surface area contributed by atoms with Gasteiger partial charge in [-0.1, -0.05) is 168 Å². The van der Waals surface area contributed by atoms with Crippen LogP contribution in [0.5, 0.6) is 46.0 Å². The van der Waals surface area contributed by atoms with E-state index in [1.165, 1.54) is 28.3 Å². The van der Waals surface area contributed by atoms with E-state index < -0.39 is 35.2 Å². The van der Waals surface area contributed by atoms with Crippen LogP contribution in [-0.2, 0) is 21.7 Å². The Hall–Kier alpha value is -6.52. The van der Waals surface area contributed by atoms with Gasteiger partial charge in [0.1, 0.15) is 85.3 Å². The molecule has 8 unspecified atom stereocenters. The van der Waals surface area contributed by atoms with Gasteiger partial charge in [0.2, 0.25) is 0 Å². The molecule has 4 aliphatic rings. The fourth-order valence-corrected chi connectivity index (χ4v) is 17.9. The van der Waals surface area contributed by atoms with Crippen molar-refractivity contribution in [1.29, 1.82) is 0 Å². The number of hydrogen-bond donors (Lipinski definition) is 6. The summed E-state index contributed by atoms with van der Waals surface area (Å²) in [6, 6.07) is 55.1. The van der Waals surface area contributed by atoms with Crippen LogP contribution < -0.4 is 48.5 Å². The van der Waals surface area contributed by atoms with E-state index in [9.17, 15) is 29.2 Å². The molecule has 0 radical (unpaired) electrons. The lowest BCUT2D eigenvalue weighted by atomic mass is 9.77. The molecule has 4 fully saturated rings. The molecule has 6 N–H and O–H groups in total. The first-order valence-electron chi connectivity index (χ1n) is 46.9. The van der Waals surface area contributed by atoms with Crippen molar-refractivity contribution in [3.05, 3.63) is 237 Å². The highest BCUT2D eigenvalue weighted by Crippen LogP contribution is 2.40. The van der Waals surface area contributed by atoms with Gasteiger partial charge in [0, 0.05) is 197 Å². The number of aliphatic hydroxyl groups excluding tert-OH is 4. The molecule has 4 aliphatic heterocycles. The van der Waals surface area contributed by atoms with Gasteiger partial charge in [0.25, 0.3) is 0 Å². The number of thioether (sulfide) groups is 2. The van der Waals surface area contributed by atoms with Gasteiger partial charge in [0.15, 0.2) is 23.1 Å². The van der Waals surface area contributed by atoms with Crippen LogP contribution in [0.4, 0.5) is 8.78 Å². The smallest absolute Gasteiger partial charge is 0.165 e. The average molecular weight is 1940 g/mol. The maximum atomic E-state index is 14.7. The molecule has 8 aromatic carbocycles. The highest BCUT2D eigenvalue weighted by molar-refractivity contribution is 7.99. The third-order valence-electron chi connectivity index (χ3n) is 24.8. The first-order valence-corrected chi connectivity index (χ1v) is 51.3. The Morgan fingerprint density at radius 2 is 0.515 bits per heavy atom. The molecule has 4 saturated heterocycles. The summed E-state index contributed by atoms with van der Waals surface area (Å²) in [5, 5.41) is 47.9. The van der Waals surface area contributed by atoms with Gasteiger partial charge in [-0.25, -0.2) is 8.78 Å². The molecule has 0 saturated carbocycles. The van der Waals surface area contributed by atoms with Gasteiger partial charge >= 0.3 is 0 Å². The standard InChI is InChI=1S/C27H39ClN2O3.C27H38ClNO3S.C26H36ClFN2O3.C26H35ClFNO3S/c1-20(16-28)18-33-26-10-7-23(15-21(26)2)27(3,4)22-5-8-25(9-6-22)32-19-24(31)17-30-13-11-29-12-14-30;1-20(16-28)18-32-26-10-7-23(15-21(26)2)27(3,4)22-5-8-25(9-6-22)31-19-24(30)17-29-11-13-33-14-12-29;1-19(15-27)17-33-25-9-6-21(14-24(25)28)26(2,3)20-4-7-23(8-5-20)32-18-22(31)16-30-12-10-29-11-13-30;1-19(15-27)17-32-25-9-6-21(14-24(25)28)26(2,3)20-4-7-23(8-5-20)31-18-22(30)16-29-10-12-33-13-11-29/h5-10,15,20,24,29,31H,11-14,16-19H2,1-4H3;5-10,15,20,24,30H,11-14,16-19H2,1-4H3;4-9,14,19,22,29,31H,10-13,15-18H2,1-3H3;4-9,14,19,22,30H,10-13,15-18H2,1-3H3. The van der Waals surface area contributed by atoms with Gasteiger partial charge < -0.3 is 69.0 Å². The molecule has 8 aromatic rings. The monoisotopic (exact) mass is 1940 g/mol. The summed E-state index contributed by atoms with van der Waals surface area (Å²) in [4.78, 5) is 9.11. The number of ether oxygens (including phenoxy) is 8. The number of nitrogens with zero attached hydrogens (tertiary/aromatic N) is 4. The number of benzene rings is 8. The fraction of sp³-hybridized carbons (Fsp3) is 0.547. The zero-order chi connectivity index (χ0) is 95.4. The Morgan fingerprint density at radius 1 is 0.303 bits per heavy atom. The van der Waals surface area contributed by atoms with Gasteiger partial charge in [-0.2, -0.15) is 23.5 Å². The average Bonchev–Trinajstić information content (AvgIpc) is 0.807. The molecule has 12 rings (SSSR count). The molecule has 0 amide bonds. The maximum Gasteiger partial charge on any atom is 0.165 e. The van der Waals surface area contributed by atoms with Crippen LogP contribution in [0.1, 0.15) is 139 Å². The molecule has 728 valence electrons. The number of nitrogens with one attached hydrogen (secondary N) is 2. The molecule has 132 heavy (non-hydrogen) atoms. The topological polar surface area (TPSA) is 192 Å². The minimum absolute atomic E-state index is 0.156. The van der Waals surface area contributed by atoms with Gasteiger partial charge in [-0.3, -0.25) is 19.6 Å². The van der Waals surface area contributed by atoms with Crippen LogP contribution in [0.25, 0.3) is 0 Å². The zero-order valence-corrected chi connectivity index (χ0v) is 85.0. The second-order valence-electron chi connectivity index (χ2n) is 37.9. The summed E-state index contributed by atoms with van der Waals surface area (Å²) >= 11 is 27.3. The lowest BCUT2D eigenvalue weighted by molar-refractivity contribution is 0.0640. The Kier molecular flexibility index (Phi) is 45.6. The van der Waals surface area contributed by atoms with Crippen molar-refractivity contribution in [3.8, 4) is 46.0 Å². The molecular weight excluding hydrogens is 1790 g/mol. The summed E-state index contributed by atoms with van der Waals surface area (Å²) in [6.07, 6.45) is -2.01. The summed E-state index contributed by atoms with van der Waals surface area (Å²) in [7, 11) is 0. The van der Waals surface area contributed by atoms with Crippen LogP contribution in [0.15, 0.2) is 170 Å². The number of aliphatic hydroxyl groups is 4. The minimum Gasteiger partial charge on any atom is -0.493 e. The molecule has 0 spiro atoms. The first-order chi connectivity index (χ1) is 63.2. The predicted octanol–water partition coefficient (Wildman–Crippen LogP) is 18.8. The van der Waals surface area contributed by atoms with E-state index in [1.54, 1.807) is 18.2 Å². The quantitative estimate of drug-likeness (QED) is 0.0197. The lowest BCUT2D eigenvalue weighted by Gasteiger charge is -2.29. The van der Waals surface area contributed by atoms with Crippen molar-refractivity contribution in [2.45, 2.75) is 143 Å². The number of β-amino-alcohol motifs (C(OH)–C–C–N with tert-alkyl or cyclic N) is 4. The normalized spacial score (nSPS) is 16.9. The third kappa shape index (κ3) is 35.2. The van der Waals surface area contributed by atoms with Crippen LogP contribution in [-0.4, -0.2) is 269 Å². The Balaban J connectivity index is 0.000000198. The molecule has 4 heterocycles. The largest absolute Gasteiger partial charge is 0.493 e. The SMILES string of the molecule is CC(CCl)COc1ccc(C(C)(C)c2ccc(OCC(O)CN3CCNCC3)cc2)cc1F.CC(CCl)COc1ccc(C(C)(C)c2ccc(OCC(O)CN3CCSCC3)cc2)cc1F.Cc1cc(C(C)(C)c2ccc(OCC(O)CN3CCNCC3)cc2)ccc1OCC(C)CCl.Cc1cc(C(C)(C)c2ccc(OCC(O)CN3CCSCC3)cc2)ccc1OCC(C)CCl. The van der Waals surface area contributed by atoms with Crippen molar-refractivity contribution in [3.63, 3.8) is 0 Å². The van der Waals surface area contributed by atoms with Crippen LogP contribution in [0, 0.1) is 49.2 Å². The maximum absolute atomic E-state index is 14.7. The minimum atomic E-state index is -0.532. The Labute approximate surface area is 815 Å². The van der Waals surface area contributed by atoms with Crippen LogP contribution >= 0.6 is 69.9 Å². The number of hydrogen-bond acceptors (Lipinski definition) is 20. The number of rotatable bonds is 44. The van der Waals surface area contributed by atoms with Crippen LogP contribution in [0.2, 0.25) is 0 Å². The number of aryl methyl sites for hydroxylation is 2. The number of alkyl halides is 4. The second-order valence-corrected chi connectivity index (χ2v) is 41.6. The Bertz CT molecular complexity index is 4070. The molecule has 0 aliphatic carbocycles. The van der Waals surface area contributed by atoms with E-state index in [4.69, 9.17) is 84.3 Å². The van der Waals surface area contributed by atoms with Crippen molar-refractivity contribution >= 4 is 69.9 Å². The van der Waals surface area contributed by atoms with E-state index in [0.29, 0.717) is 113 Å². The highest BCUT2D eigenvalue weighted by Gasteiger charge is 2.31. The van der Waals surface area contributed by atoms with Crippen molar-refractivity contribution in [2.24, 2.45) is 23.7 Å². The van der Waals surface area contributed by atoms with E-state index in [0.717, 1.165) is 158 Å². The van der Waals surface area contributed by atoms with Crippen molar-refractivity contribution in [1.82, 2.24) is 30.2 Å². The molecule has 8 atom stereocenters. The summed E-state index contributed by atoms with van der Waals surface area (Å²) in [5.74, 6) is 12.2. The number of piperazine rings is 2. The first kappa shape index (κ1) is 109. The van der Waals surface area contributed by atoms with Crippen molar-refractivity contribution in [2.75, 3.05) is 204 Å². The summed E-state index contributed by atoms with van der Waals surface area (Å²) < 4.78 is 75.7. The zero-order valence-electron chi connectivity index (χ0n) is 80.3. The van der Waals surface area contributed by atoms with E-state index in [-0.39, 0.29) is 59.0 Å². The predicted molar refractivity (Wildman–Crippen MR) is 543 cm³/mol. The molecule has 18 nitrogen and oxygen atoms in total. The molecular formula is C106H148Cl4F2N6O12S2. The summed E-state index contributed by atoms with van der Waals surface area (Å²) in [5.41, 5.74) is 9.85. The van der Waals surface area contributed by atoms with Crippen LogP contribution in [0.3, 0.4) is 0 Å². The van der Waals surface area contributed by atoms with E-state index in [2.05, 4.69) is 174 Å². The molecule has 26 heteroatoms. The van der Waals surface area contributed by atoms with Crippen molar-refractivity contribution < 1.29 is 67.1 Å². The van der Waals surface area contributed by atoms with E-state index in [1.807, 2.05) is 122 Å². The molecule has 0 bridgehead atoms. The lowest BCUT2D eigenvalue weighted by Crippen LogP contribution is -2.47. The number of halogens is 6. The van der Waals surface area contributed by atoms with Gasteiger partial charge in [-0.15, -0.1) is 46.4 Å². The van der Waals surface area contributed by atoms with E-state index >= 15 is 0 Å². The highest BCUT2D eigenvalue weighted by atomic mass is 35.5. The van der Waals surface area contributed by atoms with Gasteiger partial charge in [-0.05, 0) is 154 Å². The molecule has 0 aromatic heterocycles. The second kappa shape index (κ2) is 55.2. The van der Waals surface area contributed by atoms with Gasteiger partial charge in [0.05, 0.1) is 26.4 Å².